The number of alkyl halides is 5. The smallest absolute Gasteiger partial charge is 0.271 e. The van der Waals surface area contributed by atoms with Crippen molar-refractivity contribution in [3.8, 4) is 5.69 Å². The van der Waals surface area contributed by atoms with E-state index in [1.165, 1.54) is 10.2 Å². The second-order valence-corrected chi connectivity index (χ2v) is 9.26. The summed E-state index contributed by atoms with van der Waals surface area (Å²) < 4.78 is 125. The van der Waals surface area contributed by atoms with Crippen LogP contribution < -0.4 is 15.6 Å². The van der Waals surface area contributed by atoms with Crippen LogP contribution in [0.1, 0.15) is 29.6 Å². The molecule has 3 aromatic rings. The van der Waals surface area contributed by atoms with Gasteiger partial charge in [-0.15, -0.1) is 0 Å². The Hall–Kier alpha value is -3.82. The van der Waals surface area contributed by atoms with Gasteiger partial charge in [0.1, 0.15) is 23.1 Å². The standard InChI is InChI=1S/C25H21F9N4O3/c26-10-5-14(27)19(15(28)6-10)38-8-13(25(41)35-18(22(33)34)17(30)21(31)32)20(40)12-7-16(29)24(36-23(12)38)37-4-2-1-3-11(37)9-39/h5-8,11,17-18,21-22,39H,1-4,9H2,(H,35,41)/t11-,17?,18?/m1/s1. The maximum absolute atomic E-state index is 15.3. The third-order valence-corrected chi connectivity index (χ3v) is 6.64. The molecule has 2 N–H and O–H groups in total. The Bertz CT molecular complexity index is 1490. The highest BCUT2D eigenvalue weighted by atomic mass is 19.3. The van der Waals surface area contributed by atoms with Gasteiger partial charge in [-0.3, -0.25) is 14.2 Å². The number of aromatic nitrogens is 2. The Morgan fingerprint density at radius 1 is 1.00 bits per heavy atom. The number of fused-ring (bicyclic) bond motifs is 1. The second-order valence-electron chi connectivity index (χ2n) is 9.26. The topological polar surface area (TPSA) is 87.5 Å². The highest BCUT2D eigenvalue weighted by Gasteiger charge is 2.38. The van der Waals surface area contributed by atoms with Gasteiger partial charge in [0.25, 0.3) is 18.8 Å². The maximum atomic E-state index is 15.3. The number of benzene rings is 1. The van der Waals surface area contributed by atoms with E-state index in [-0.39, 0.29) is 18.7 Å². The summed E-state index contributed by atoms with van der Waals surface area (Å²) in [5, 5.41) is 10.2. The molecule has 1 aliphatic heterocycles. The average Bonchev–Trinajstić information content (AvgIpc) is 2.91. The first kappa shape index (κ1) is 30.1. The summed E-state index contributed by atoms with van der Waals surface area (Å²) >= 11 is 0. The number of hydrogen-bond acceptors (Lipinski definition) is 5. The molecule has 3 atom stereocenters. The molecule has 0 saturated carbocycles. The van der Waals surface area contributed by atoms with E-state index < -0.39 is 100 Å². The Labute approximate surface area is 225 Å². The highest BCUT2D eigenvalue weighted by Crippen LogP contribution is 2.30. The predicted molar refractivity (Wildman–Crippen MR) is 127 cm³/mol. The lowest BCUT2D eigenvalue weighted by Gasteiger charge is -2.35. The highest BCUT2D eigenvalue weighted by molar-refractivity contribution is 5.97. The van der Waals surface area contributed by atoms with Gasteiger partial charge in [0, 0.05) is 24.9 Å². The van der Waals surface area contributed by atoms with Gasteiger partial charge in [0.15, 0.2) is 35.1 Å². The summed E-state index contributed by atoms with van der Waals surface area (Å²) in [6, 6.07) is -2.67. The van der Waals surface area contributed by atoms with Gasteiger partial charge >= 0.3 is 0 Å². The molecule has 3 heterocycles. The second kappa shape index (κ2) is 12.0. The molecule has 0 bridgehead atoms. The molecule has 0 spiro atoms. The number of aliphatic hydroxyl groups is 1. The number of carbonyl (C=O) groups excluding carboxylic acids is 1. The SMILES string of the molecule is O=C(NC(C(F)F)C(F)C(F)F)c1cn(-c2c(F)cc(F)cc2F)c2nc(N3CCCC[C@@H]3CO)c(F)cc2c1=O. The van der Waals surface area contributed by atoms with Crippen LogP contribution in [0.3, 0.4) is 0 Å². The number of amides is 1. The normalized spacial score (nSPS) is 17.4. The number of piperidine rings is 1. The van der Waals surface area contributed by atoms with Gasteiger partial charge in [0.05, 0.1) is 18.0 Å². The minimum absolute atomic E-state index is 0.203. The fourth-order valence-electron chi connectivity index (χ4n) is 4.65. The maximum Gasteiger partial charge on any atom is 0.271 e. The minimum atomic E-state index is -3.95. The van der Waals surface area contributed by atoms with Gasteiger partial charge in [-0.2, -0.15) is 0 Å². The van der Waals surface area contributed by atoms with E-state index in [0.29, 0.717) is 36.1 Å². The summed E-state index contributed by atoms with van der Waals surface area (Å²) in [5.41, 5.74) is -4.41. The van der Waals surface area contributed by atoms with Crippen LogP contribution in [0.4, 0.5) is 45.3 Å². The van der Waals surface area contributed by atoms with E-state index in [4.69, 9.17) is 0 Å². The molecule has 1 saturated heterocycles. The van der Waals surface area contributed by atoms with Crippen molar-refractivity contribution in [2.45, 2.75) is 50.4 Å². The predicted octanol–water partition coefficient (Wildman–Crippen LogP) is 4.26. The zero-order chi connectivity index (χ0) is 30.2. The van der Waals surface area contributed by atoms with Gasteiger partial charge in [0.2, 0.25) is 5.43 Å². The van der Waals surface area contributed by atoms with Gasteiger partial charge < -0.3 is 15.3 Å². The number of carbonyl (C=O) groups is 1. The lowest BCUT2D eigenvalue weighted by Crippen LogP contribution is -2.49. The Balaban J connectivity index is 1.97. The van der Waals surface area contributed by atoms with Crippen LogP contribution in [-0.2, 0) is 0 Å². The Kier molecular flexibility index (Phi) is 8.80. The van der Waals surface area contributed by atoms with Crippen molar-refractivity contribution in [2.24, 2.45) is 0 Å². The van der Waals surface area contributed by atoms with Gasteiger partial charge in [-0.25, -0.2) is 44.5 Å². The van der Waals surface area contributed by atoms with Crippen molar-refractivity contribution in [3.05, 3.63) is 63.5 Å². The van der Waals surface area contributed by atoms with E-state index in [0.717, 1.165) is 0 Å². The number of pyridine rings is 2. The molecular weight excluding hydrogens is 575 g/mol. The molecule has 1 amide bonds. The third-order valence-electron chi connectivity index (χ3n) is 6.64. The molecular formula is C25H21F9N4O3. The van der Waals surface area contributed by atoms with E-state index in [2.05, 4.69) is 4.98 Å². The molecule has 41 heavy (non-hydrogen) atoms. The number of aliphatic hydroxyl groups excluding tert-OH is 1. The summed E-state index contributed by atoms with van der Waals surface area (Å²) in [6.45, 7) is -0.208. The molecule has 2 aromatic heterocycles. The Morgan fingerprint density at radius 3 is 2.24 bits per heavy atom. The van der Waals surface area contributed by atoms with Crippen LogP contribution in [0, 0.1) is 23.3 Å². The molecule has 4 rings (SSSR count). The molecule has 0 radical (unpaired) electrons. The van der Waals surface area contributed by atoms with Crippen LogP contribution in [0.15, 0.2) is 29.2 Å². The minimum Gasteiger partial charge on any atom is -0.394 e. The zero-order valence-electron chi connectivity index (χ0n) is 20.7. The summed E-state index contributed by atoms with van der Waals surface area (Å²) in [4.78, 5) is 31.4. The molecule has 1 aliphatic rings. The quantitative estimate of drug-likeness (QED) is 0.380. The number of nitrogens with one attached hydrogen (secondary N) is 1. The molecule has 2 unspecified atom stereocenters. The summed E-state index contributed by atoms with van der Waals surface area (Å²) in [6.07, 6.45) is -9.27. The van der Waals surface area contributed by atoms with Crippen molar-refractivity contribution >= 4 is 22.8 Å². The van der Waals surface area contributed by atoms with E-state index >= 15 is 4.39 Å². The van der Waals surface area contributed by atoms with Crippen molar-refractivity contribution in [1.82, 2.24) is 14.9 Å². The Morgan fingerprint density at radius 2 is 1.66 bits per heavy atom. The number of nitrogens with zero attached hydrogens (tertiary/aromatic N) is 3. The van der Waals surface area contributed by atoms with Crippen LogP contribution in [0.2, 0.25) is 0 Å². The van der Waals surface area contributed by atoms with Crippen LogP contribution in [0.5, 0.6) is 0 Å². The first-order valence-corrected chi connectivity index (χ1v) is 12.1. The molecule has 1 fully saturated rings. The lowest BCUT2D eigenvalue weighted by atomic mass is 10.0. The molecule has 222 valence electrons. The van der Waals surface area contributed by atoms with Gasteiger partial charge in [-0.1, -0.05) is 0 Å². The summed E-state index contributed by atoms with van der Waals surface area (Å²) in [7, 11) is 0. The third kappa shape index (κ3) is 5.83. The van der Waals surface area contributed by atoms with Crippen molar-refractivity contribution in [3.63, 3.8) is 0 Å². The summed E-state index contributed by atoms with van der Waals surface area (Å²) in [5.74, 6) is -7.95. The zero-order valence-corrected chi connectivity index (χ0v) is 20.7. The first-order valence-electron chi connectivity index (χ1n) is 12.1. The molecule has 7 nitrogen and oxygen atoms in total. The number of rotatable bonds is 8. The largest absolute Gasteiger partial charge is 0.394 e. The number of halogens is 9. The van der Waals surface area contributed by atoms with E-state index in [9.17, 15) is 49.8 Å². The van der Waals surface area contributed by atoms with Crippen LogP contribution >= 0.6 is 0 Å². The fraction of sp³-hybridized carbons (Fsp3) is 0.400. The molecule has 1 aromatic carbocycles. The van der Waals surface area contributed by atoms with Crippen molar-refractivity contribution < 1.29 is 49.4 Å². The number of anilines is 1. The lowest BCUT2D eigenvalue weighted by molar-refractivity contribution is -0.0201. The van der Waals surface area contributed by atoms with Crippen LogP contribution in [0.25, 0.3) is 16.7 Å². The first-order chi connectivity index (χ1) is 19.3. The molecule has 0 aliphatic carbocycles. The van der Waals surface area contributed by atoms with Crippen molar-refractivity contribution in [1.29, 1.82) is 0 Å². The fourth-order valence-corrected chi connectivity index (χ4v) is 4.65. The van der Waals surface area contributed by atoms with Gasteiger partial charge in [-0.05, 0) is 25.3 Å². The monoisotopic (exact) mass is 596 g/mol. The van der Waals surface area contributed by atoms with Crippen molar-refractivity contribution in [2.75, 3.05) is 18.1 Å². The van der Waals surface area contributed by atoms with Crippen LogP contribution in [-0.4, -0.2) is 64.8 Å². The van der Waals surface area contributed by atoms with E-state index in [1.807, 2.05) is 0 Å². The average molecular weight is 596 g/mol. The number of hydrogen-bond donors (Lipinski definition) is 2. The van der Waals surface area contributed by atoms with E-state index in [1.54, 1.807) is 0 Å². The molecule has 16 heteroatoms.